The van der Waals surface area contributed by atoms with Crippen LogP contribution < -0.4 is 0 Å². The minimum absolute atomic E-state index is 1.03. The molecule has 0 aromatic rings. The van der Waals surface area contributed by atoms with Gasteiger partial charge in [0.15, 0.2) is 0 Å². The van der Waals surface area contributed by atoms with Gasteiger partial charge in [0.2, 0.25) is 0 Å². The molecule has 0 heterocycles. The van der Waals surface area contributed by atoms with E-state index in [2.05, 4.69) is 55.2 Å². The molecule has 0 bridgehead atoms. The summed E-state index contributed by atoms with van der Waals surface area (Å²) in [7, 11) is -3.42. The number of rotatable bonds is 2. The highest BCUT2D eigenvalue weighted by molar-refractivity contribution is 9.11. The Kier molecular flexibility index (Phi) is 3.19. The van der Waals surface area contributed by atoms with Crippen molar-refractivity contribution in [1.82, 2.24) is 0 Å². The number of hydrogen-bond donors (Lipinski definition) is 0. The minimum atomic E-state index is -1.71. The topological polar surface area (TPSA) is 0 Å². The first-order valence-electron chi connectivity index (χ1n) is 3.88. The van der Waals surface area contributed by atoms with Crippen LogP contribution in [0.3, 0.4) is 0 Å². The summed E-state index contributed by atoms with van der Waals surface area (Å²) < 4.78 is 13.1. The molecule has 0 unspecified atom stereocenters. The van der Waals surface area contributed by atoms with Crippen LogP contribution >= 0.6 is 15.9 Å². The summed E-state index contributed by atoms with van der Waals surface area (Å²) in [5.41, 5.74) is 0. The average Bonchev–Trinajstić information content (AvgIpc) is 1.58. The van der Waals surface area contributed by atoms with Crippen LogP contribution in [-0.4, -0.2) is 20.0 Å². The van der Waals surface area contributed by atoms with E-state index >= 15 is 0 Å². The molecule has 0 aliphatic heterocycles. The lowest BCUT2D eigenvalue weighted by molar-refractivity contribution is 0.488. The highest BCUT2D eigenvalue weighted by Crippen LogP contribution is 2.40. The van der Waals surface area contributed by atoms with Gasteiger partial charge in [-0.1, -0.05) is 55.2 Å². The molecule has 0 rings (SSSR count). The van der Waals surface area contributed by atoms with Gasteiger partial charge in [-0.15, -0.1) is 0 Å². The fourth-order valence-electron chi connectivity index (χ4n) is 1.12. The van der Waals surface area contributed by atoms with Crippen LogP contribution in [0.4, 0.5) is 4.39 Å². The van der Waals surface area contributed by atoms with E-state index < -0.39 is 20.0 Å². The third-order valence-electron chi connectivity index (χ3n) is 1.88. The summed E-state index contributed by atoms with van der Waals surface area (Å²) in [4.78, 5) is 0. The average molecular weight is 257 g/mol. The highest BCUT2D eigenvalue weighted by atomic mass is 79.9. The van der Waals surface area contributed by atoms with Crippen molar-refractivity contribution in [3.63, 3.8) is 0 Å². The van der Waals surface area contributed by atoms with Gasteiger partial charge in [-0.3, -0.25) is 0 Å². The third kappa shape index (κ3) is 2.39. The van der Waals surface area contributed by atoms with Gasteiger partial charge in [-0.2, -0.15) is 0 Å². The van der Waals surface area contributed by atoms with Crippen molar-refractivity contribution in [2.24, 2.45) is 0 Å². The molecule has 0 aromatic carbocycles. The van der Waals surface area contributed by atoms with E-state index in [1.807, 2.05) is 0 Å². The van der Waals surface area contributed by atoms with Gasteiger partial charge in [-0.05, 0) is 0 Å². The molecule has 4 heteroatoms. The molecule has 0 nitrogen and oxygen atoms in total. The summed E-state index contributed by atoms with van der Waals surface area (Å²) in [6.07, 6.45) is 0. The van der Waals surface area contributed by atoms with E-state index in [1.165, 1.54) is 0 Å². The maximum Gasteiger partial charge on any atom is 0.138 e. The van der Waals surface area contributed by atoms with Crippen molar-refractivity contribution >= 4 is 32.1 Å². The quantitative estimate of drug-likeness (QED) is 0.521. The fourth-order valence-corrected chi connectivity index (χ4v) is 10.1. The molecule has 0 radical (unpaired) electrons. The lowest BCUT2D eigenvalue weighted by Gasteiger charge is -2.40. The molecule has 0 amide bonds. The standard InChI is InChI=1S/C7H18BrFSi2/c1-10(2,3)7(8,9)11(4,5)6/h1-6H3. The smallest absolute Gasteiger partial charge is 0.138 e. The number of hydrogen-bond acceptors (Lipinski definition) is 0. The first kappa shape index (κ1) is 11.8. The molecule has 0 fully saturated rings. The monoisotopic (exact) mass is 256 g/mol. The zero-order valence-electron chi connectivity index (χ0n) is 8.26. The SMILES string of the molecule is C[Si](C)(C)C(F)(Br)[Si](C)(C)C. The van der Waals surface area contributed by atoms with Crippen LogP contribution in [0.2, 0.25) is 39.3 Å². The van der Waals surface area contributed by atoms with Crippen LogP contribution in [0.1, 0.15) is 0 Å². The van der Waals surface area contributed by atoms with Crippen molar-refractivity contribution in [1.29, 1.82) is 0 Å². The molecule has 68 valence electrons. The second-order valence-electron chi connectivity index (χ2n) is 5.07. The number of halogens is 2. The Morgan fingerprint density at radius 3 is 1.09 bits per heavy atom. The van der Waals surface area contributed by atoms with Gasteiger partial charge in [0.25, 0.3) is 0 Å². The van der Waals surface area contributed by atoms with Crippen LogP contribution in [0, 0.1) is 0 Å². The Morgan fingerprint density at radius 2 is 1.09 bits per heavy atom. The Labute approximate surface area is 79.7 Å². The molecule has 0 saturated carbocycles. The Bertz CT molecular complexity index is 128. The second kappa shape index (κ2) is 2.96. The van der Waals surface area contributed by atoms with Crippen LogP contribution in [0.5, 0.6) is 0 Å². The molecule has 11 heavy (non-hydrogen) atoms. The highest BCUT2D eigenvalue weighted by Gasteiger charge is 2.51. The van der Waals surface area contributed by atoms with Crippen molar-refractivity contribution in [2.75, 3.05) is 0 Å². The maximum absolute atomic E-state index is 14.1. The lowest BCUT2D eigenvalue weighted by Crippen LogP contribution is -2.59. The predicted molar refractivity (Wildman–Crippen MR) is 59.5 cm³/mol. The van der Waals surface area contributed by atoms with Crippen LogP contribution in [0.15, 0.2) is 0 Å². The van der Waals surface area contributed by atoms with E-state index in [-0.39, 0.29) is 0 Å². The zero-order valence-corrected chi connectivity index (χ0v) is 11.8. The minimum Gasteiger partial charge on any atom is -0.240 e. The van der Waals surface area contributed by atoms with Gasteiger partial charge in [0.1, 0.15) is 3.82 Å². The first-order valence-corrected chi connectivity index (χ1v) is 11.7. The largest absolute Gasteiger partial charge is 0.240 e. The van der Waals surface area contributed by atoms with E-state index in [0.717, 1.165) is 0 Å². The van der Waals surface area contributed by atoms with E-state index in [4.69, 9.17) is 0 Å². The van der Waals surface area contributed by atoms with Crippen molar-refractivity contribution in [3.05, 3.63) is 0 Å². The summed E-state index contributed by atoms with van der Waals surface area (Å²) >= 11 is 3.28. The van der Waals surface area contributed by atoms with Gasteiger partial charge in [0.05, 0.1) is 16.1 Å². The molecular formula is C7H18BrFSi2. The molecular weight excluding hydrogens is 239 g/mol. The molecule has 0 saturated heterocycles. The first-order chi connectivity index (χ1) is 4.50. The normalized spacial score (nSPS) is 15.3. The van der Waals surface area contributed by atoms with Crippen molar-refractivity contribution < 1.29 is 4.39 Å². The van der Waals surface area contributed by atoms with Gasteiger partial charge >= 0.3 is 0 Å². The van der Waals surface area contributed by atoms with Gasteiger partial charge in [0, 0.05) is 0 Å². The Balaban J connectivity index is 4.75. The molecule has 0 atom stereocenters. The van der Waals surface area contributed by atoms with Gasteiger partial charge in [-0.25, -0.2) is 4.39 Å². The third-order valence-corrected chi connectivity index (χ3v) is 17.3. The fraction of sp³-hybridized carbons (Fsp3) is 1.00. The van der Waals surface area contributed by atoms with E-state index in [9.17, 15) is 4.39 Å². The van der Waals surface area contributed by atoms with Crippen LogP contribution in [-0.2, 0) is 0 Å². The van der Waals surface area contributed by atoms with E-state index in [1.54, 1.807) is 0 Å². The van der Waals surface area contributed by atoms with Crippen molar-refractivity contribution in [3.8, 4) is 0 Å². The lowest BCUT2D eigenvalue weighted by atomic mass is 11.6. The van der Waals surface area contributed by atoms with Crippen LogP contribution in [0.25, 0.3) is 0 Å². The number of alkyl halides is 2. The molecule has 0 N–H and O–H groups in total. The summed E-state index contributed by atoms with van der Waals surface area (Å²) in [6.45, 7) is 12.4. The molecule has 0 aliphatic carbocycles. The van der Waals surface area contributed by atoms with E-state index in [0.29, 0.717) is 0 Å². The summed E-state index contributed by atoms with van der Waals surface area (Å²) in [5.74, 6) is 0. The molecule has 0 aliphatic rings. The second-order valence-corrected chi connectivity index (χ2v) is 18.5. The molecule has 0 aromatic heterocycles. The van der Waals surface area contributed by atoms with Gasteiger partial charge < -0.3 is 0 Å². The summed E-state index contributed by atoms with van der Waals surface area (Å²) in [5, 5.41) is 0. The van der Waals surface area contributed by atoms with Crippen molar-refractivity contribution in [2.45, 2.75) is 43.1 Å². The summed E-state index contributed by atoms with van der Waals surface area (Å²) in [6, 6.07) is 0. The maximum atomic E-state index is 14.1. The molecule has 0 spiro atoms. The Hall–Kier alpha value is 0.844. The predicted octanol–water partition coefficient (Wildman–Crippen LogP) is 3.80. The zero-order chi connectivity index (χ0) is 9.50. The Morgan fingerprint density at radius 1 is 0.909 bits per heavy atom.